The summed E-state index contributed by atoms with van der Waals surface area (Å²) in [6.07, 6.45) is 5.45. The molecule has 15 nitrogen and oxygen atoms in total. The van der Waals surface area contributed by atoms with Gasteiger partial charge in [-0.1, -0.05) is 11.6 Å². The average Bonchev–Trinajstić information content (AvgIpc) is 4.06. The number of benzene rings is 2. The highest BCUT2D eigenvalue weighted by atomic mass is 35.5. The number of alkyl halides is 2. The Bertz CT molecular complexity index is 2670. The fourth-order valence-electron chi connectivity index (χ4n) is 9.66. The van der Waals surface area contributed by atoms with Gasteiger partial charge in [-0.15, -0.1) is 0 Å². The summed E-state index contributed by atoms with van der Waals surface area (Å²) >= 11 is 6.57. The number of rotatable bonds is 8. The summed E-state index contributed by atoms with van der Waals surface area (Å²) in [4.78, 5) is 53.8. The first kappa shape index (κ1) is 40.5. The van der Waals surface area contributed by atoms with Crippen molar-refractivity contribution in [3.8, 4) is 5.75 Å². The van der Waals surface area contributed by atoms with Gasteiger partial charge in [-0.3, -0.25) is 29.3 Å². The minimum absolute atomic E-state index is 0.0412. The Morgan fingerprint density at radius 3 is 2.47 bits per heavy atom. The summed E-state index contributed by atoms with van der Waals surface area (Å²) < 4.78 is 54.5. The predicted molar refractivity (Wildman–Crippen MR) is 229 cm³/mol. The number of imide groups is 1. The van der Waals surface area contributed by atoms with Crippen LogP contribution in [0.3, 0.4) is 0 Å². The minimum Gasteiger partial charge on any atom is -0.480 e. The molecule has 4 aliphatic heterocycles. The molecule has 326 valence electrons. The van der Waals surface area contributed by atoms with Crippen LogP contribution in [0.2, 0.25) is 5.02 Å². The number of piperidine rings is 2. The van der Waals surface area contributed by atoms with Crippen LogP contribution in [-0.2, 0) is 23.7 Å². The number of nitrogens with zero attached hydrogens (tertiary/aromatic N) is 8. The van der Waals surface area contributed by atoms with Crippen LogP contribution >= 0.6 is 11.6 Å². The van der Waals surface area contributed by atoms with E-state index >= 15 is 13.2 Å². The van der Waals surface area contributed by atoms with E-state index < -0.39 is 35.9 Å². The summed E-state index contributed by atoms with van der Waals surface area (Å²) in [7, 11) is 3.28. The molecule has 19 heteroatoms. The Labute approximate surface area is 359 Å². The molecule has 1 saturated carbocycles. The standard InChI is InChI=1S/C43H47ClF3N11O4/c1-54-36-29(35-37(41(54)61)62-22-43(46,47)38(51-35)24-3-4-24)17-25(18-31(36)45)49-39-30(44)20-48-42(52-39)58-11-9-23(10-12-58)21-56-13-15-57(16-14-56)26-5-6-27-32(19-26)55(2)53-34(27)28-7-8-33(59)50-40(28)60/h5-6,17-20,23-24,28,38,51H,3-4,7-16,21-22H2,1-2H3,(H,48,49,52)(H,50,59,60)/t28?,38-/m0/s1. The maximum absolute atomic E-state index is 15.9. The van der Waals surface area contributed by atoms with Crippen molar-refractivity contribution in [1.82, 2.24) is 34.5 Å². The second kappa shape index (κ2) is 15.6. The van der Waals surface area contributed by atoms with E-state index in [1.165, 1.54) is 19.3 Å². The first-order chi connectivity index (χ1) is 29.8. The number of halogens is 4. The number of carbonyl (C=O) groups excluding carboxylic acids is 2. The van der Waals surface area contributed by atoms with Crippen molar-refractivity contribution in [2.45, 2.75) is 56.4 Å². The predicted octanol–water partition coefficient (Wildman–Crippen LogP) is 5.53. The molecular formula is C43H47ClF3N11O4. The summed E-state index contributed by atoms with van der Waals surface area (Å²) in [5.41, 5.74) is 2.35. The fraction of sp³-hybridized carbons (Fsp3) is 0.488. The van der Waals surface area contributed by atoms with Gasteiger partial charge >= 0.3 is 5.92 Å². The van der Waals surface area contributed by atoms with E-state index in [-0.39, 0.29) is 56.6 Å². The Hall–Kier alpha value is -5.62. The molecule has 2 aromatic carbocycles. The third kappa shape index (κ3) is 7.43. The summed E-state index contributed by atoms with van der Waals surface area (Å²) in [6, 6.07) is 7.85. The third-order valence-corrected chi connectivity index (χ3v) is 13.5. The lowest BCUT2D eigenvalue weighted by Crippen LogP contribution is -2.49. The zero-order valence-electron chi connectivity index (χ0n) is 34.4. The summed E-state index contributed by atoms with van der Waals surface area (Å²) in [5, 5.41) is 14.5. The van der Waals surface area contributed by atoms with Crippen molar-refractivity contribution in [3.63, 3.8) is 0 Å². The Balaban J connectivity index is 0.774. The normalized spacial score (nSPS) is 22.3. The van der Waals surface area contributed by atoms with E-state index in [2.05, 4.69) is 47.8 Å². The van der Waals surface area contributed by atoms with Crippen molar-refractivity contribution in [2.24, 2.45) is 25.9 Å². The van der Waals surface area contributed by atoms with Crippen LogP contribution in [0.25, 0.3) is 21.8 Å². The molecule has 1 aliphatic carbocycles. The van der Waals surface area contributed by atoms with Crippen molar-refractivity contribution >= 4 is 74.0 Å². The second-order valence-corrected chi connectivity index (χ2v) is 17.8. The first-order valence-electron chi connectivity index (χ1n) is 21.3. The highest BCUT2D eigenvalue weighted by Crippen LogP contribution is 2.46. The molecule has 0 bridgehead atoms. The van der Waals surface area contributed by atoms with Crippen LogP contribution in [0.4, 0.5) is 42.0 Å². The molecule has 4 fully saturated rings. The number of amides is 2. The largest absolute Gasteiger partial charge is 0.480 e. The molecule has 3 saturated heterocycles. The molecule has 10 rings (SSSR count). The van der Waals surface area contributed by atoms with Gasteiger partial charge in [-0.25, -0.2) is 18.2 Å². The molecule has 7 heterocycles. The molecular weight excluding hydrogens is 827 g/mol. The molecule has 1 unspecified atom stereocenters. The van der Waals surface area contributed by atoms with Gasteiger partial charge in [0.05, 0.1) is 40.6 Å². The van der Waals surface area contributed by atoms with Crippen LogP contribution in [0, 0.1) is 17.7 Å². The van der Waals surface area contributed by atoms with Crippen molar-refractivity contribution in [3.05, 3.63) is 63.4 Å². The van der Waals surface area contributed by atoms with Gasteiger partial charge < -0.3 is 29.7 Å². The summed E-state index contributed by atoms with van der Waals surface area (Å²) in [5.74, 6) is -4.21. The maximum Gasteiger partial charge on any atom is 0.301 e. The SMILES string of the molecule is Cn1nc(C2CCC(=O)NC2=O)c2ccc(N3CCN(CC4CCN(c5ncc(Cl)c(Nc6cc(F)c7c(c6)c6c(c(=O)n7C)OCC(F)(F)[C@H](C7CC7)N6)n5)CC4)CC3)cc21. The van der Waals surface area contributed by atoms with Crippen LogP contribution in [-0.4, -0.2) is 105 Å². The molecule has 62 heavy (non-hydrogen) atoms. The number of pyridine rings is 1. The van der Waals surface area contributed by atoms with E-state index in [4.69, 9.17) is 26.4 Å². The van der Waals surface area contributed by atoms with Crippen molar-refractivity contribution in [1.29, 1.82) is 0 Å². The second-order valence-electron chi connectivity index (χ2n) is 17.4. The minimum atomic E-state index is -3.23. The number of hydrogen-bond acceptors (Lipinski definition) is 12. The summed E-state index contributed by atoms with van der Waals surface area (Å²) in [6.45, 7) is 5.19. The van der Waals surface area contributed by atoms with E-state index in [9.17, 15) is 14.4 Å². The van der Waals surface area contributed by atoms with Gasteiger partial charge in [-0.2, -0.15) is 10.1 Å². The number of nitrogens with one attached hydrogen (secondary N) is 3. The van der Waals surface area contributed by atoms with Crippen LogP contribution in [0.5, 0.6) is 5.75 Å². The number of fused-ring (bicyclic) bond motifs is 4. The zero-order chi connectivity index (χ0) is 43.0. The smallest absolute Gasteiger partial charge is 0.301 e. The Morgan fingerprint density at radius 1 is 0.952 bits per heavy atom. The van der Waals surface area contributed by atoms with Crippen LogP contribution in [0.1, 0.15) is 50.1 Å². The van der Waals surface area contributed by atoms with Crippen molar-refractivity contribution in [2.75, 3.05) is 72.9 Å². The number of ether oxygens (including phenoxy) is 1. The van der Waals surface area contributed by atoms with E-state index in [0.29, 0.717) is 43.2 Å². The number of piperazine rings is 1. The number of carbonyl (C=O) groups is 2. The Kier molecular flexibility index (Phi) is 10.2. The molecule has 0 radical (unpaired) electrons. The van der Waals surface area contributed by atoms with E-state index in [1.54, 1.807) is 6.07 Å². The van der Waals surface area contributed by atoms with Gasteiger partial charge in [0.25, 0.3) is 5.56 Å². The van der Waals surface area contributed by atoms with Gasteiger partial charge in [0.2, 0.25) is 23.5 Å². The molecule has 5 aromatic rings. The van der Waals surface area contributed by atoms with Gasteiger partial charge in [0.1, 0.15) is 10.8 Å². The van der Waals surface area contributed by atoms with E-state index in [1.807, 2.05) is 17.8 Å². The topological polar surface area (TPSA) is 155 Å². The highest BCUT2D eigenvalue weighted by molar-refractivity contribution is 6.33. The Morgan fingerprint density at radius 2 is 1.73 bits per heavy atom. The molecule has 3 aromatic heterocycles. The lowest BCUT2D eigenvalue weighted by atomic mass is 9.93. The number of aryl methyl sites for hydroxylation is 2. The molecule has 3 N–H and O–H groups in total. The zero-order valence-corrected chi connectivity index (χ0v) is 35.2. The van der Waals surface area contributed by atoms with Crippen LogP contribution < -0.4 is 36.0 Å². The van der Waals surface area contributed by atoms with Crippen LogP contribution in [0.15, 0.2) is 41.3 Å². The first-order valence-corrected chi connectivity index (χ1v) is 21.6. The fourth-order valence-corrected chi connectivity index (χ4v) is 9.80. The lowest BCUT2D eigenvalue weighted by molar-refractivity contribution is -0.134. The van der Waals surface area contributed by atoms with Gasteiger partial charge in [0, 0.05) is 88.5 Å². The molecule has 2 atom stereocenters. The molecule has 2 amide bonds. The van der Waals surface area contributed by atoms with Gasteiger partial charge in [0.15, 0.2) is 12.4 Å². The third-order valence-electron chi connectivity index (χ3n) is 13.2. The average molecular weight is 874 g/mol. The highest BCUT2D eigenvalue weighted by Gasteiger charge is 2.51. The van der Waals surface area contributed by atoms with E-state index in [0.717, 1.165) is 79.8 Å². The maximum atomic E-state index is 15.9. The number of hydrogen-bond donors (Lipinski definition) is 3. The number of anilines is 5. The number of aromatic nitrogens is 5. The lowest BCUT2D eigenvalue weighted by Gasteiger charge is -2.39. The quantitative estimate of drug-likeness (QED) is 0.168. The molecule has 0 spiro atoms. The monoisotopic (exact) mass is 873 g/mol. The van der Waals surface area contributed by atoms with Crippen molar-refractivity contribution < 1.29 is 27.5 Å². The van der Waals surface area contributed by atoms with Gasteiger partial charge in [-0.05, 0) is 74.3 Å². The molecule has 5 aliphatic rings.